The highest BCUT2D eigenvalue weighted by Crippen LogP contribution is 2.33. The van der Waals surface area contributed by atoms with E-state index >= 15 is 0 Å². The largest absolute Gasteiger partial charge is 0.493 e. The Morgan fingerprint density at radius 3 is 2.64 bits per heavy atom. The Kier molecular flexibility index (Phi) is 5.81. The molecule has 4 aromatic rings. The van der Waals surface area contributed by atoms with Crippen LogP contribution in [0, 0.1) is 10.1 Å². The standard InChI is InChI=1S/C23H21N5O5/c1-26(2)16-6-8-17(9-7-16)27-10-4-5-18(27)14-24-25-23(29)21-12-15-11-19(28(30)31)13-20(32-3)22(15)33-21/h4-14H,1-3H3,(H,25,29)/b24-14-. The molecule has 0 bridgehead atoms. The molecule has 2 aromatic heterocycles. The Morgan fingerprint density at radius 2 is 1.97 bits per heavy atom. The number of carbonyl (C=O) groups is 1. The number of aromatic nitrogens is 1. The number of hydrazone groups is 1. The predicted octanol–water partition coefficient (Wildman–Crippen LogP) is 3.97. The summed E-state index contributed by atoms with van der Waals surface area (Å²) in [6, 6.07) is 15.7. The zero-order valence-electron chi connectivity index (χ0n) is 18.2. The molecule has 0 fully saturated rings. The van der Waals surface area contributed by atoms with Crippen LogP contribution >= 0.6 is 0 Å². The minimum atomic E-state index is -0.597. The Balaban J connectivity index is 1.52. The molecule has 2 aromatic carbocycles. The molecule has 0 saturated carbocycles. The van der Waals surface area contributed by atoms with Crippen molar-refractivity contribution in [2.75, 3.05) is 26.1 Å². The minimum Gasteiger partial charge on any atom is -0.493 e. The first-order valence-corrected chi connectivity index (χ1v) is 9.92. The van der Waals surface area contributed by atoms with Gasteiger partial charge in [0.05, 0.1) is 30.0 Å². The molecule has 0 aliphatic rings. The maximum absolute atomic E-state index is 12.5. The molecule has 33 heavy (non-hydrogen) atoms. The molecular weight excluding hydrogens is 426 g/mol. The topological polar surface area (TPSA) is 115 Å². The van der Waals surface area contributed by atoms with E-state index in [1.54, 1.807) is 0 Å². The number of methoxy groups -OCH3 is 1. The molecule has 0 aliphatic heterocycles. The zero-order chi connectivity index (χ0) is 23.5. The van der Waals surface area contributed by atoms with Crippen LogP contribution in [0.3, 0.4) is 0 Å². The smallest absolute Gasteiger partial charge is 0.307 e. The molecule has 0 unspecified atom stereocenters. The highest BCUT2D eigenvalue weighted by atomic mass is 16.6. The monoisotopic (exact) mass is 447 g/mol. The van der Waals surface area contributed by atoms with Gasteiger partial charge in [0, 0.05) is 43.1 Å². The number of fused-ring (bicyclic) bond motifs is 1. The van der Waals surface area contributed by atoms with Gasteiger partial charge in [-0.15, -0.1) is 0 Å². The second-order valence-corrected chi connectivity index (χ2v) is 7.35. The number of nitro groups is 1. The summed E-state index contributed by atoms with van der Waals surface area (Å²) >= 11 is 0. The highest BCUT2D eigenvalue weighted by molar-refractivity contribution is 5.98. The summed E-state index contributed by atoms with van der Waals surface area (Å²) in [7, 11) is 5.32. The number of ether oxygens (including phenoxy) is 1. The first kappa shape index (κ1) is 21.6. The van der Waals surface area contributed by atoms with Gasteiger partial charge in [-0.1, -0.05) is 0 Å². The second kappa shape index (κ2) is 8.87. The number of furan rings is 1. The van der Waals surface area contributed by atoms with Gasteiger partial charge < -0.3 is 18.6 Å². The number of rotatable bonds is 7. The van der Waals surface area contributed by atoms with Gasteiger partial charge in [0.15, 0.2) is 17.1 Å². The van der Waals surface area contributed by atoms with Crippen LogP contribution in [-0.2, 0) is 0 Å². The first-order chi connectivity index (χ1) is 15.9. The fourth-order valence-corrected chi connectivity index (χ4v) is 3.33. The molecular formula is C23H21N5O5. The molecule has 10 heteroatoms. The van der Waals surface area contributed by atoms with Gasteiger partial charge in [-0.3, -0.25) is 14.9 Å². The predicted molar refractivity (Wildman–Crippen MR) is 125 cm³/mol. The van der Waals surface area contributed by atoms with Crippen molar-refractivity contribution in [3.05, 3.63) is 82.4 Å². The molecule has 0 spiro atoms. The van der Waals surface area contributed by atoms with Crippen molar-refractivity contribution in [2.45, 2.75) is 0 Å². The van der Waals surface area contributed by atoms with Gasteiger partial charge in [-0.05, 0) is 42.5 Å². The average Bonchev–Trinajstić information content (AvgIpc) is 3.45. The third-order valence-electron chi connectivity index (χ3n) is 5.01. The quantitative estimate of drug-likeness (QED) is 0.260. The van der Waals surface area contributed by atoms with Crippen molar-refractivity contribution in [3.63, 3.8) is 0 Å². The highest BCUT2D eigenvalue weighted by Gasteiger charge is 2.19. The summed E-state index contributed by atoms with van der Waals surface area (Å²) < 4.78 is 12.6. The van der Waals surface area contributed by atoms with Crippen molar-refractivity contribution >= 4 is 34.5 Å². The number of non-ortho nitro benzene ring substituents is 1. The molecule has 4 rings (SSSR count). The van der Waals surface area contributed by atoms with Crippen molar-refractivity contribution < 1.29 is 18.9 Å². The Bertz CT molecular complexity index is 1350. The van der Waals surface area contributed by atoms with E-state index < -0.39 is 10.8 Å². The normalized spacial score (nSPS) is 11.1. The third kappa shape index (κ3) is 4.40. The summed E-state index contributed by atoms with van der Waals surface area (Å²) in [6.07, 6.45) is 3.41. The molecule has 1 amide bonds. The van der Waals surface area contributed by atoms with Crippen LogP contribution in [0.15, 0.2) is 70.3 Å². The minimum absolute atomic E-state index is 0.0457. The Morgan fingerprint density at radius 1 is 1.21 bits per heavy atom. The van der Waals surface area contributed by atoms with E-state index in [0.717, 1.165) is 17.1 Å². The van der Waals surface area contributed by atoms with E-state index in [9.17, 15) is 14.9 Å². The van der Waals surface area contributed by atoms with Crippen molar-refractivity contribution in [2.24, 2.45) is 5.10 Å². The van der Waals surface area contributed by atoms with E-state index in [0.29, 0.717) is 5.39 Å². The molecule has 0 saturated heterocycles. The number of anilines is 1. The number of carbonyl (C=O) groups excluding carboxylic acids is 1. The van der Waals surface area contributed by atoms with Crippen LogP contribution in [0.5, 0.6) is 5.75 Å². The van der Waals surface area contributed by atoms with Gasteiger partial charge in [0.25, 0.3) is 5.69 Å². The van der Waals surface area contributed by atoms with Crippen LogP contribution in [0.2, 0.25) is 0 Å². The molecule has 2 heterocycles. The van der Waals surface area contributed by atoms with Crippen LogP contribution < -0.4 is 15.1 Å². The van der Waals surface area contributed by atoms with Crippen LogP contribution in [0.25, 0.3) is 16.7 Å². The molecule has 1 N–H and O–H groups in total. The summed E-state index contributed by atoms with van der Waals surface area (Å²) in [5.41, 5.74) is 5.29. The molecule has 0 aliphatic carbocycles. The summed E-state index contributed by atoms with van der Waals surface area (Å²) in [5, 5.41) is 15.5. The second-order valence-electron chi connectivity index (χ2n) is 7.35. The number of hydrogen-bond donors (Lipinski definition) is 1. The fourth-order valence-electron chi connectivity index (χ4n) is 3.33. The maximum atomic E-state index is 12.5. The van der Waals surface area contributed by atoms with Crippen molar-refractivity contribution in [1.29, 1.82) is 0 Å². The van der Waals surface area contributed by atoms with E-state index in [-0.39, 0.29) is 22.8 Å². The summed E-state index contributed by atoms with van der Waals surface area (Å²) in [6.45, 7) is 0. The summed E-state index contributed by atoms with van der Waals surface area (Å²) in [4.78, 5) is 25.1. The zero-order valence-corrected chi connectivity index (χ0v) is 18.2. The van der Waals surface area contributed by atoms with Crippen LogP contribution in [-0.4, -0.2) is 42.8 Å². The van der Waals surface area contributed by atoms with E-state index in [4.69, 9.17) is 9.15 Å². The van der Waals surface area contributed by atoms with Gasteiger partial charge in [0.1, 0.15) is 0 Å². The lowest BCUT2D eigenvalue weighted by molar-refractivity contribution is -0.384. The first-order valence-electron chi connectivity index (χ1n) is 9.92. The Hall–Kier alpha value is -4.60. The molecule has 168 valence electrons. The molecule has 0 radical (unpaired) electrons. The van der Waals surface area contributed by atoms with Gasteiger partial charge >= 0.3 is 5.91 Å². The van der Waals surface area contributed by atoms with Gasteiger partial charge in [-0.25, -0.2) is 5.43 Å². The summed E-state index contributed by atoms with van der Waals surface area (Å²) in [5.74, 6) is -0.476. The number of amides is 1. The number of nitro benzene ring substituents is 1. The lowest BCUT2D eigenvalue weighted by atomic mass is 10.2. The Labute approximate surface area is 188 Å². The van der Waals surface area contributed by atoms with Crippen molar-refractivity contribution in [3.8, 4) is 11.4 Å². The average molecular weight is 447 g/mol. The van der Waals surface area contributed by atoms with E-state index in [1.165, 1.54) is 31.5 Å². The number of nitrogens with one attached hydrogen (secondary N) is 1. The van der Waals surface area contributed by atoms with Gasteiger partial charge in [0.2, 0.25) is 0 Å². The van der Waals surface area contributed by atoms with Crippen molar-refractivity contribution in [1.82, 2.24) is 9.99 Å². The maximum Gasteiger partial charge on any atom is 0.307 e. The van der Waals surface area contributed by atoms with Crippen LogP contribution in [0.4, 0.5) is 11.4 Å². The van der Waals surface area contributed by atoms with Crippen LogP contribution in [0.1, 0.15) is 16.2 Å². The number of benzene rings is 2. The lowest BCUT2D eigenvalue weighted by Crippen LogP contribution is -2.17. The lowest BCUT2D eigenvalue weighted by Gasteiger charge is -2.13. The van der Waals surface area contributed by atoms with E-state index in [1.807, 2.05) is 66.2 Å². The molecule has 0 atom stereocenters. The number of nitrogens with zero attached hydrogens (tertiary/aromatic N) is 4. The molecule has 10 nitrogen and oxygen atoms in total. The number of hydrogen-bond acceptors (Lipinski definition) is 7. The van der Waals surface area contributed by atoms with Gasteiger partial charge in [-0.2, -0.15) is 5.10 Å². The fraction of sp³-hybridized carbons (Fsp3) is 0.130. The SMILES string of the molecule is COc1cc([N+](=O)[O-])cc2cc(C(=O)N/N=C\c3cccn3-c3ccc(N(C)C)cc3)oc12. The third-order valence-corrected chi connectivity index (χ3v) is 5.01. The van der Waals surface area contributed by atoms with E-state index in [2.05, 4.69) is 10.5 Å².